The molecule has 6 nitrogen and oxygen atoms in total. The number of aromatic nitrogens is 3. The van der Waals surface area contributed by atoms with Gasteiger partial charge < -0.3 is 14.5 Å². The molecular weight excluding hydrogens is 356 g/mol. The Morgan fingerprint density at radius 1 is 1.30 bits per heavy atom. The van der Waals surface area contributed by atoms with Crippen LogP contribution < -0.4 is 4.74 Å². The fraction of sp³-hybridized carbons (Fsp3) is 0.700. The van der Waals surface area contributed by atoms with Crippen molar-refractivity contribution in [1.29, 1.82) is 0 Å². The zero-order valence-electron chi connectivity index (χ0n) is 17.5. The van der Waals surface area contributed by atoms with Crippen LogP contribution in [0.5, 0.6) is 5.88 Å². The first-order valence-corrected chi connectivity index (χ1v) is 13.8. The minimum absolute atomic E-state index is 0.576. The standard InChI is InChI=1S/C20H34N4O2Si/c1-15-7-6-8-24(11-15)12-17-16(13-26-9-10-27(3,4)5)18-19(23-17)21-14-22-20(18)25-2/h14-15H,6-13H2,1-5H3,(H,21,22,23)/t15-/m0/s1. The van der Waals surface area contributed by atoms with Gasteiger partial charge in [-0.2, -0.15) is 0 Å². The largest absolute Gasteiger partial charge is 0.480 e. The van der Waals surface area contributed by atoms with Crippen molar-refractivity contribution in [3.63, 3.8) is 0 Å². The van der Waals surface area contributed by atoms with Crippen LogP contribution in [-0.4, -0.2) is 54.7 Å². The highest BCUT2D eigenvalue weighted by molar-refractivity contribution is 6.76. The van der Waals surface area contributed by atoms with E-state index in [9.17, 15) is 0 Å². The van der Waals surface area contributed by atoms with Gasteiger partial charge in [-0.25, -0.2) is 9.97 Å². The van der Waals surface area contributed by atoms with E-state index in [0.717, 1.165) is 48.8 Å². The lowest BCUT2D eigenvalue weighted by molar-refractivity contribution is 0.131. The SMILES string of the molecule is COc1ncnc2[nH]c(CN3CCC[C@H](C)C3)c(COCC[Si](C)(C)C)c12. The van der Waals surface area contributed by atoms with Crippen LogP contribution in [0.1, 0.15) is 31.0 Å². The van der Waals surface area contributed by atoms with E-state index in [1.807, 2.05) is 0 Å². The van der Waals surface area contributed by atoms with E-state index in [4.69, 9.17) is 9.47 Å². The summed E-state index contributed by atoms with van der Waals surface area (Å²) in [7, 11) is 0.566. The maximum absolute atomic E-state index is 6.10. The molecule has 0 saturated carbocycles. The Morgan fingerprint density at radius 2 is 2.11 bits per heavy atom. The monoisotopic (exact) mass is 390 g/mol. The van der Waals surface area contributed by atoms with E-state index in [2.05, 4.69) is 46.4 Å². The average molecular weight is 391 g/mol. The van der Waals surface area contributed by atoms with Crippen LogP contribution in [0, 0.1) is 5.92 Å². The summed E-state index contributed by atoms with van der Waals surface area (Å²) in [4.78, 5) is 14.8. The first-order valence-electron chi connectivity index (χ1n) is 10.1. The first-order chi connectivity index (χ1) is 12.9. The number of ether oxygens (including phenoxy) is 2. The van der Waals surface area contributed by atoms with Crippen LogP contribution in [0.25, 0.3) is 11.0 Å². The highest BCUT2D eigenvalue weighted by atomic mass is 28.3. The van der Waals surface area contributed by atoms with Crippen molar-refractivity contribution in [3.05, 3.63) is 17.6 Å². The number of hydrogen-bond acceptors (Lipinski definition) is 5. The van der Waals surface area contributed by atoms with Gasteiger partial charge in [0, 0.05) is 39.0 Å². The van der Waals surface area contributed by atoms with Crippen molar-refractivity contribution >= 4 is 19.1 Å². The normalized spacial score (nSPS) is 18.9. The van der Waals surface area contributed by atoms with Gasteiger partial charge in [-0.15, -0.1) is 0 Å². The van der Waals surface area contributed by atoms with Crippen LogP contribution in [-0.2, 0) is 17.9 Å². The third kappa shape index (κ3) is 5.30. The van der Waals surface area contributed by atoms with Crippen LogP contribution in [0.4, 0.5) is 0 Å². The molecule has 27 heavy (non-hydrogen) atoms. The van der Waals surface area contributed by atoms with E-state index in [-0.39, 0.29) is 0 Å². The molecule has 1 aliphatic heterocycles. The first kappa shape index (κ1) is 20.3. The molecule has 2 aromatic rings. The predicted molar refractivity (Wildman–Crippen MR) is 112 cm³/mol. The van der Waals surface area contributed by atoms with Gasteiger partial charge >= 0.3 is 0 Å². The molecular formula is C20H34N4O2Si. The van der Waals surface area contributed by atoms with E-state index >= 15 is 0 Å². The lowest BCUT2D eigenvalue weighted by Crippen LogP contribution is -2.34. The summed E-state index contributed by atoms with van der Waals surface area (Å²) < 4.78 is 11.6. The summed E-state index contributed by atoms with van der Waals surface area (Å²) in [6.07, 6.45) is 4.15. The van der Waals surface area contributed by atoms with E-state index in [0.29, 0.717) is 12.5 Å². The lowest BCUT2D eigenvalue weighted by atomic mass is 10.00. The molecule has 1 saturated heterocycles. The third-order valence-corrected chi connectivity index (χ3v) is 7.01. The Labute approximate surface area is 163 Å². The number of fused-ring (bicyclic) bond motifs is 1. The summed E-state index contributed by atoms with van der Waals surface area (Å²) in [5, 5.41) is 0.966. The molecule has 1 aliphatic rings. The van der Waals surface area contributed by atoms with Gasteiger partial charge in [0.25, 0.3) is 0 Å². The van der Waals surface area contributed by atoms with Crippen molar-refractivity contribution in [2.75, 3.05) is 26.8 Å². The Morgan fingerprint density at radius 3 is 2.81 bits per heavy atom. The van der Waals surface area contributed by atoms with Crippen LogP contribution in [0.3, 0.4) is 0 Å². The van der Waals surface area contributed by atoms with Crippen LogP contribution in [0.2, 0.25) is 25.7 Å². The molecule has 0 spiro atoms. The molecule has 2 aromatic heterocycles. The van der Waals surface area contributed by atoms with Gasteiger partial charge in [0.1, 0.15) is 12.0 Å². The molecule has 150 valence electrons. The second-order valence-electron chi connectivity index (χ2n) is 9.03. The van der Waals surface area contributed by atoms with Gasteiger partial charge in [0.2, 0.25) is 5.88 Å². The molecule has 0 unspecified atom stereocenters. The maximum Gasteiger partial charge on any atom is 0.226 e. The molecule has 7 heteroatoms. The fourth-order valence-corrected chi connectivity index (χ4v) is 4.52. The molecule has 1 fully saturated rings. The van der Waals surface area contributed by atoms with Crippen LogP contribution in [0.15, 0.2) is 6.33 Å². The predicted octanol–water partition coefficient (Wildman–Crippen LogP) is 4.05. The second-order valence-corrected chi connectivity index (χ2v) is 14.7. The Hall–Kier alpha value is -1.44. The van der Waals surface area contributed by atoms with Crippen molar-refractivity contribution in [3.8, 4) is 5.88 Å². The Bertz CT molecular complexity index is 756. The second kappa shape index (κ2) is 8.71. The number of nitrogens with one attached hydrogen (secondary N) is 1. The van der Waals surface area contributed by atoms with Gasteiger partial charge in [-0.1, -0.05) is 26.6 Å². The van der Waals surface area contributed by atoms with Crippen molar-refractivity contribution in [2.45, 2.75) is 58.6 Å². The molecule has 3 heterocycles. The Balaban J connectivity index is 1.82. The molecule has 1 atom stereocenters. The molecule has 0 radical (unpaired) electrons. The number of H-pyrrole nitrogens is 1. The van der Waals surface area contributed by atoms with Gasteiger partial charge in [-0.3, -0.25) is 4.90 Å². The number of piperidine rings is 1. The highest BCUT2D eigenvalue weighted by Crippen LogP contribution is 2.30. The van der Waals surface area contributed by atoms with Crippen LogP contribution >= 0.6 is 0 Å². The van der Waals surface area contributed by atoms with Gasteiger partial charge in [0.05, 0.1) is 19.1 Å². The van der Waals surface area contributed by atoms with Gasteiger partial charge in [0.15, 0.2) is 0 Å². The summed E-state index contributed by atoms with van der Waals surface area (Å²) in [6.45, 7) is 14.0. The summed E-state index contributed by atoms with van der Waals surface area (Å²) in [5.74, 6) is 1.38. The van der Waals surface area contributed by atoms with Crippen molar-refractivity contribution in [2.24, 2.45) is 5.92 Å². The molecule has 1 N–H and O–H groups in total. The fourth-order valence-electron chi connectivity index (χ4n) is 3.76. The third-order valence-electron chi connectivity index (χ3n) is 5.31. The number of rotatable bonds is 8. The number of hydrogen-bond donors (Lipinski definition) is 1. The Kier molecular flexibility index (Phi) is 6.55. The van der Waals surface area contributed by atoms with Gasteiger partial charge in [-0.05, 0) is 31.3 Å². The van der Waals surface area contributed by atoms with E-state index in [1.54, 1.807) is 13.4 Å². The number of likely N-dealkylation sites (tertiary alicyclic amines) is 1. The number of aromatic amines is 1. The number of methoxy groups -OCH3 is 1. The average Bonchev–Trinajstić information content (AvgIpc) is 2.95. The molecule has 0 bridgehead atoms. The molecule has 0 amide bonds. The summed E-state index contributed by atoms with van der Waals surface area (Å²) in [5.41, 5.74) is 3.17. The lowest BCUT2D eigenvalue weighted by Gasteiger charge is -2.30. The zero-order valence-corrected chi connectivity index (χ0v) is 18.5. The summed E-state index contributed by atoms with van der Waals surface area (Å²) >= 11 is 0. The van der Waals surface area contributed by atoms with E-state index in [1.165, 1.54) is 24.6 Å². The van der Waals surface area contributed by atoms with E-state index < -0.39 is 8.07 Å². The minimum atomic E-state index is -1.10. The quantitative estimate of drug-likeness (QED) is 0.544. The zero-order chi connectivity index (χ0) is 19.4. The smallest absolute Gasteiger partial charge is 0.226 e. The topological polar surface area (TPSA) is 63.3 Å². The molecule has 0 aromatic carbocycles. The van der Waals surface area contributed by atoms with Crippen molar-refractivity contribution < 1.29 is 9.47 Å². The minimum Gasteiger partial charge on any atom is -0.480 e. The number of nitrogens with zero attached hydrogens (tertiary/aromatic N) is 3. The maximum atomic E-state index is 6.10. The molecule has 0 aliphatic carbocycles. The summed E-state index contributed by atoms with van der Waals surface area (Å²) in [6, 6.07) is 1.17. The highest BCUT2D eigenvalue weighted by Gasteiger charge is 2.22. The van der Waals surface area contributed by atoms with Crippen molar-refractivity contribution in [1.82, 2.24) is 19.9 Å². The molecule has 3 rings (SSSR count).